The minimum absolute atomic E-state index is 0. The molecular weight excluding hydrogens is 527 g/mol. The van der Waals surface area contributed by atoms with Crippen LogP contribution in [-0.4, -0.2) is 48.7 Å². The standard InChI is InChI=1S/C18H26N4O4S2.HI/c1-12-10-17(13(2)27-12)28(23,24)21-9-8-20-18(19-3)22-14-6-7-15(25-4)16(11-14)26-5;/h6-7,10-11,21H,8-9H2,1-5H3,(H2,19,20,22);1H. The van der Waals surface area contributed by atoms with Crippen molar-refractivity contribution in [3.05, 3.63) is 34.0 Å². The SMILES string of the molecule is CN=C(NCCNS(=O)(=O)c1cc(C)sc1C)Nc1ccc(OC)c(OC)c1.I. The van der Waals surface area contributed by atoms with Crippen molar-refractivity contribution >= 4 is 57.0 Å². The van der Waals surface area contributed by atoms with Crippen LogP contribution in [0.3, 0.4) is 0 Å². The van der Waals surface area contributed by atoms with Gasteiger partial charge in [0.1, 0.15) is 0 Å². The maximum atomic E-state index is 12.4. The molecule has 2 rings (SSSR count). The van der Waals surface area contributed by atoms with Crippen LogP contribution in [0.4, 0.5) is 5.69 Å². The molecule has 3 N–H and O–H groups in total. The molecule has 0 saturated heterocycles. The van der Waals surface area contributed by atoms with Gasteiger partial charge < -0.3 is 20.1 Å². The molecule has 162 valence electrons. The first-order valence-corrected chi connectivity index (χ1v) is 10.9. The molecule has 0 saturated carbocycles. The Kier molecular flexibility index (Phi) is 10.2. The Morgan fingerprint density at radius 1 is 1.10 bits per heavy atom. The summed E-state index contributed by atoms with van der Waals surface area (Å²) in [5, 5.41) is 6.19. The fraction of sp³-hybridized carbons (Fsp3) is 0.389. The van der Waals surface area contributed by atoms with Gasteiger partial charge in [-0.2, -0.15) is 0 Å². The van der Waals surface area contributed by atoms with Crippen molar-refractivity contribution in [2.75, 3.05) is 39.7 Å². The first-order chi connectivity index (χ1) is 13.3. The minimum atomic E-state index is -3.52. The number of guanidine groups is 1. The second kappa shape index (κ2) is 11.6. The first-order valence-electron chi connectivity index (χ1n) is 8.57. The zero-order valence-corrected chi connectivity index (χ0v) is 21.0. The summed E-state index contributed by atoms with van der Waals surface area (Å²) >= 11 is 1.47. The lowest BCUT2D eigenvalue weighted by Crippen LogP contribution is -2.37. The van der Waals surface area contributed by atoms with E-state index in [1.165, 1.54) is 11.3 Å². The number of sulfonamides is 1. The summed E-state index contributed by atoms with van der Waals surface area (Å²) in [5.41, 5.74) is 0.760. The van der Waals surface area contributed by atoms with Gasteiger partial charge in [0.2, 0.25) is 10.0 Å². The lowest BCUT2D eigenvalue weighted by atomic mass is 10.3. The van der Waals surface area contributed by atoms with Gasteiger partial charge in [0, 0.05) is 41.6 Å². The van der Waals surface area contributed by atoms with E-state index in [1.54, 1.807) is 46.4 Å². The third kappa shape index (κ3) is 7.01. The van der Waals surface area contributed by atoms with Crippen molar-refractivity contribution in [2.24, 2.45) is 4.99 Å². The van der Waals surface area contributed by atoms with Gasteiger partial charge in [0.05, 0.1) is 19.1 Å². The third-order valence-electron chi connectivity index (χ3n) is 3.86. The van der Waals surface area contributed by atoms with Crippen molar-refractivity contribution < 1.29 is 17.9 Å². The van der Waals surface area contributed by atoms with Gasteiger partial charge in [-0.15, -0.1) is 35.3 Å². The fourth-order valence-corrected chi connectivity index (χ4v) is 5.13. The number of methoxy groups -OCH3 is 2. The zero-order valence-electron chi connectivity index (χ0n) is 17.0. The van der Waals surface area contributed by atoms with E-state index in [4.69, 9.17) is 9.47 Å². The van der Waals surface area contributed by atoms with E-state index in [0.29, 0.717) is 28.9 Å². The Morgan fingerprint density at radius 2 is 1.79 bits per heavy atom. The monoisotopic (exact) mass is 554 g/mol. The van der Waals surface area contributed by atoms with Crippen LogP contribution in [0.2, 0.25) is 0 Å². The Labute approximate surface area is 193 Å². The normalized spacial score (nSPS) is 11.6. The van der Waals surface area contributed by atoms with Crippen LogP contribution in [0.15, 0.2) is 34.2 Å². The molecule has 1 aromatic carbocycles. The molecule has 0 radical (unpaired) electrons. The number of aliphatic imine (C=N–C) groups is 1. The summed E-state index contributed by atoms with van der Waals surface area (Å²) in [4.78, 5) is 6.22. The predicted molar refractivity (Wildman–Crippen MR) is 129 cm³/mol. The van der Waals surface area contributed by atoms with E-state index in [1.807, 2.05) is 13.0 Å². The Balaban J connectivity index is 0.00000420. The number of ether oxygens (including phenoxy) is 2. The second-order valence-corrected chi connectivity index (χ2v) is 9.06. The van der Waals surface area contributed by atoms with E-state index < -0.39 is 10.0 Å². The van der Waals surface area contributed by atoms with Crippen LogP contribution >= 0.6 is 35.3 Å². The average Bonchev–Trinajstić information content (AvgIpc) is 3.03. The molecule has 0 fully saturated rings. The molecule has 2 aromatic rings. The summed E-state index contributed by atoms with van der Waals surface area (Å²) in [5.74, 6) is 1.73. The Hall–Kier alpha value is -1.57. The molecule has 1 heterocycles. The zero-order chi connectivity index (χ0) is 20.7. The first kappa shape index (κ1) is 25.5. The van der Waals surface area contributed by atoms with Crippen molar-refractivity contribution in [3.63, 3.8) is 0 Å². The molecule has 8 nitrogen and oxygen atoms in total. The maximum Gasteiger partial charge on any atom is 0.241 e. The van der Waals surface area contributed by atoms with Gasteiger partial charge in [0.15, 0.2) is 17.5 Å². The molecule has 0 atom stereocenters. The maximum absolute atomic E-state index is 12.4. The summed E-state index contributed by atoms with van der Waals surface area (Å²) in [7, 11) is 1.26. The van der Waals surface area contributed by atoms with Gasteiger partial charge in [-0.05, 0) is 32.0 Å². The number of aryl methyl sites for hydroxylation is 2. The number of hydrogen-bond acceptors (Lipinski definition) is 6. The highest BCUT2D eigenvalue weighted by Crippen LogP contribution is 2.29. The topological polar surface area (TPSA) is 101 Å². The largest absolute Gasteiger partial charge is 0.493 e. The number of nitrogens with one attached hydrogen (secondary N) is 3. The van der Waals surface area contributed by atoms with E-state index in [9.17, 15) is 8.42 Å². The van der Waals surface area contributed by atoms with Crippen molar-refractivity contribution in [3.8, 4) is 11.5 Å². The van der Waals surface area contributed by atoms with Gasteiger partial charge in [-0.1, -0.05) is 0 Å². The molecule has 0 aliphatic rings. The van der Waals surface area contributed by atoms with Crippen LogP contribution in [0.1, 0.15) is 9.75 Å². The number of benzene rings is 1. The lowest BCUT2D eigenvalue weighted by molar-refractivity contribution is 0.355. The van der Waals surface area contributed by atoms with E-state index in [0.717, 1.165) is 15.4 Å². The molecule has 29 heavy (non-hydrogen) atoms. The van der Waals surface area contributed by atoms with Crippen LogP contribution in [-0.2, 0) is 10.0 Å². The Bertz CT molecular complexity index is 945. The van der Waals surface area contributed by atoms with Crippen LogP contribution < -0.4 is 24.8 Å². The van der Waals surface area contributed by atoms with Crippen LogP contribution in [0.25, 0.3) is 0 Å². The summed E-state index contributed by atoms with van der Waals surface area (Å²) < 4.78 is 37.9. The van der Waals surface area contributed by atoms with Crippen LogP contribution in [0.5, 0.6) is 11.5 Å². The summed E-state index contributed by atoms with van der Waals surface area (Å²) in [6.45, 7) is 4.29. The van der Waals surface area contributed by atoms with Gasteiger partial charge >= 0.3 is 0 Å². The summed E-state index contributed by atoms with van der Waals surface area (Å²) in [6, 6.07) is 7.09. The van der Waals surface area contributed by atoms with Crippen molar-refractivity contribution in [2.45, 2.75) is 18.7 Å². The lowest BCUT2D eigenvalue weighted by Gasteiger charge is -2.14. The fourth-order valence-electron chi connectivity index (χ4n) is 2.55. The average molecular weight is 554 g/mol. The van der Waals surface area contributed by atoms with E-state index in [2.05, 4.69) is 20.3 Å². The van der Waals surface area contributed by atoms with Crippen molar-refractivity contribution in [1.82, 2.24) is 10.0 Å². The van der Waals surface area contributed by atoms with Crippen molar-refractivity contribution in [1.29, 1.82) is 0 Å². The predicted octanol–water partition coefficient (Wildman–Crippen LogP) is 2.97. The molecule has 0 unspecified atom stereocenters. The second-order valence-electron chi connectivity index (χ2n) is 5.87. The van der Waals surface area contributed by atoms with Crippen LogP contribution in [0, 0.1) is 13.8 Å². The van der Waals surface area contributed by atoms with Gasteiger partial charge in [-0.3, -0.25) is 4.99 Å². The number of hydrogen-bond donors (Lipinski definition) is 3. The molecule has 0 aliphatic heterocycles. The molecule has 0 aliphatic carbocycles. The van der Waals surface area contributed by atoms with Gasteiger partial charge in [0.25, 0.3) is 0 Å². The number of nitrogens with zero attached hydrogens (tertiary/aromatic N) is 1. The molecular formula is C18H27IN4O4S2. The highest BCUT2D eigenvalue weighted by Gasteiger charge is 2.18. The molecule has 11 heteroatoms. The minimum Gasteiger partial charge on any atom is -0.493 e. The Morgan fingerprint density at radius 3 is 2.34 bits per heavy atom. The molecule has 0 amide bonds. The van der Waals surface area contributed by atoms with E-state index in [-0.39, 0.29) is 30.5 Å². The summed E-state index contributed by atoms with van der Waals surface area (Å²) in [6.07, 6.45) is 0. The van der Waals surface area contributed by atoms with E-state index >= 15 is 0 Å². The third-order valence-corrected chi connectivity index (χ3v) is 6.55. The number of thiophene rings is 1. The smallest absolute Gasteiger partial charge is 0.241 e. The number of halogens is 1. The molecule has 0 bridgehead atoms. The van der Waals surface area contributed by atoms with Gasteiger partial charge in [-0.25, -0.2) is 13.1 Å². The highest BCUT2D eigenvalue weighted by molar-refractivity contribution is 14.0. The number of anilines is 1. The quantitative estimate of drug-likeness (QED) is 0.201. The molecule has 0 spiro atoms. The number of rotatable bonds is 8. The molecule has 1 aromatic heterocycles. The highest BCUT2D eigenvalue weighted by atomic mass is 127.